The molecule has 0 aromatic rings. The Hall–Kier alpha value is 1.54. The first-order valence-electron chi connectivity index (χ1n) is 2.41. The van der Waals surface area contributed by atoms with Gasteiger partial charge in [0.15, 0.2) is 0 Å². The van der Waals surface area contributed by atoms with Gasteiger partial charge in [-0.3, -0.25) is 0 Å². The molecule has 0 aliphatic rings. The molecule has 0 spiro atoms. The van der Waals surface area contributed by atoms with Crippen LogP contribution < -0.4 is 0 Å². The van der Waals surface area contributed by atoms with Crippen molar-refractivity contribution in [2.45, 2.75) is 16.6 Å². The first-order valence-corrected chi connectivity index (χ1v) is 4.18. The summed E-state index contributed by atoms with van der Waals surface area (Å²) in [6.45, 7) is 0.647. The summed E-state index contributed by atoms with van der Waals surface area (Å²) in [5.41, 5.74) is 0. The number of hydrogen-bond donors (Lipinski definition) is 0. The van der Waals surface area contributed by atoms with Gasteiger partial charge in [-0.05, 0) is 0 Å². The molecule has 0 amide bonds. The van der Waals surface area contributed by atoms with Gasteiger partial charge in [0.2, 0.25) is 0 Å². The van der Waals surface area contributed by atoms with Crippen LogP contribution in [0.3, 0.4) is 0 Å². The average Bonchev–Trinajstić information content (AvgIpc) is 1.63. The van der Waals surface area contributed by atoms with E-state index in [1.807, 2.05) is 0 Å². The second-order valence-corrected chi connectivity index (χ2v) is 4.53. The fourth-order valence-electron chi connectivity index (χ4n) is 0.345. The SMILES string of the molecule is ClC(Cl)(Cl)CCC[O][Ti]. The summed E-state index contributed by atoms with van der Waals surface area (Å²) in [4.78, 5) is 0. The predicted octanol–water partition coefficient (Wildman–Crippen LogP) is 2.62. The number of halogens is 3. The maximum absolute atomic E-state index is 5.44. The summed E-state index contributed by atoms with van der Waals surface area (Å²) >= 11 is 18.0. The van der Waals surface area contributed by atoms with Gasteiger partial charge in [-0.1, -0.05) is 0 Å². The Bertz CT molecular complexity index is 72.7. The fraction of sp³-hybridized carbons (Fsp3) is 1.00. The van der Waals surface area contributed by atoms with Crippen molar-refractivity contribution >= 4 is 34.8 Å². The van der Waals surface area contributed by atoms with E-state index in [1.54, 1.807) is 20.8 Å². The molecule has 0 bridgehead atoms. The quantitative estimate of drug-likeness (QED) is 0.407. The van der Waals surface area contributed by atoms with Crippen LogP contribution in [0.1, 0.15) is 12.8 Å². The van der Waals surface area contributed by atoms with Crippen molar-refractivity contribution in [1.82, 2.24) is 0 Å². The van der Waals surface area contributed by atoms with Gasteiger partial charge in [0, 0.05) is 0 Å². The molecule has 0 aliphatic heterocycles. The van der Waals surface area contributed by atoms with E-state index in [9.17, 15) is 0 Å². The molecule has 53 valence electrons. The Labute approximate surface area is 81.9 Å². The zero-order valence-electron chi connectivity index (χ0n) is 4.66. The van der Waals surface area contributed by atoms with Gasteiger partial charge in [-0.25, -0.2) is 0 Å². The zero-order chi connectivity index (χ0) is 7.33. The fourth-order valence-corrected chi connectivity index (χ4v) is 0.971. The molecule has 0 radical (unpaired) electrons. The molecule has 0 atom stereocenters. The summed E-state index contributed by atoms with van der Waals surface area (Å²) in [5, 5.41) is 0. The van der Waals surface area contributed by atoms with Crippen LogP contribution in [0.25, 0.3) is 0 Å². The molecule has 1 nitrogen and oxygen atoms in total. The van der Waals surface area contributed by atoms with E-state index in [0.717, 1.165) is 6.42 Å². The Morgan fingerprint density at radius 3 is 2.22 bits per heavy atom. The summed E-state index contributed by atoms with van der Waals surface area (Å²) in [5.74, 6) is 0. The third-order valence-corrected chi connectivity index (χ3v) is 1.59. The van der Waals surface area contributed by atoms with Crippen molar-refractivity contribution < 1.29 is 24.1 Å². The molecule has 0 heterocycles. The van der Waals surface area contributed by atoms with E-state index in [0.29, 0.717) is 13.0 Å². The maximum atomic E-state index is 5.44. The molecular weight excluding hydrogens is 218 g/mol. The molecule has 0 N–H and O–H groups in total. The summed E-state index contributed by atoms with van der Waals surface area (Å²) in [6.07, 6.45) is 1.33. The van der Waals surface area contributed by atoms with E-state index >= 15 is 0 Å². The van der Waals surface area contributed by atoms with Crippen molar-refractivity contribution in [3.63, 3.8) is 0 Å². The molecule has 0 rings (SSSR count). The van der Waals surface area contributed by atoms with E-state index in [1.165, 1.54) is 0 Å². The van der Waals surface area contributed by atoms with E-state index in [4.69, 9.17) is 38.1 Å². The third kappa shape index (κ3) is 9.54. The minimum atomic E-state index is -1.11. The molecule has 0 saturated carbocycles. The Kier molecular flexibility index (Phi) is 6.13. The van der Waals surface area contributed by atoms with E-state index in [2.05, 4.69) is 0 Å². The number of alkyl halides is 3. The third-order valence-electron chi connectivity index (χ3n) is 0.707. The molecule has 9 heavy (non-hydrogen) atoms. The van der Waals surface area contributed by atoms with Crippen molar-refractivity contribution in [2.75, 3.05) is 6.61 Å². The van der Waals surface area contributed by atoms with Crippen molar-refractivity contribution in [3.05, 3.63) is 0 Å². The predicted molar refractivity (Wildman–Crippen MR) is 35.5 cm³/mol. The summed E-state index contributed by atoms with van der Waals surface area (Å²) in [7, 11) is 0. The second-order valence-electron chi connectivity index (χ2n) is 1.57. The average molecular weight is 224 g/mol. The van der Waals surface area contributed by atoms with Gasteiger partial charge in [0.05, 0.1) is 0 Å². The van der Waals surface area contributed by atoms with Crippen molar-refractivity contribution in [3.8, 4) is 0 Å². The second kappa shape index (κ2) is 5.23. The Balaban J connectivity index is 3.07. The first kappa shape index (κ1) is 10.5. The first-order chi connectivity index (χ1) is 4.06. The zero-order valence-corrected chi connectivity index (χ0v) is 8.49. The molecule has 0 aromatic carbocycles. The van der Waals surface area contributed by atoms with Crippen LogP contribution in [0.15, 0.2) is 0 Å². The van der Waals surface area contributed by atoms with Crippen LogP contribution >= 0.6 is 34.8 Å². The van der Waals surface area contributed by atoms with Crippen LogP contribution in [0, 0.1) is 0 Å². The monoisotopic (exact) mass is 223 g/mol. The van der Waals surface area contributed by atoms with Crippen molar-refractivity contribution in [2.24, 2.45) is 0 Å². The Morgan fingerprint density at radius 1 is 1.33 bits per heavy atom. The summed E-state index contributed by atoms with van der Waals surface area (Å²) < 4.78 is 3.65. The Morgan fingerprint density at radius 2 is 1.89 bits per heavy atom. The van der Waals surface area contributed by atoms with E-state index in [-0.39, 0.29) is 0 Å². The standard InChI is InChI=1S/C4H6Cl3O.Ti/c5-4(6,7)2-1-3-8;/h1-3H2;/q-1;+1. The van der Waals surface area contributed by atoms with Crippen molar-refractivity contribution in [1.29, 1.82) is 0 Å². The molecular formula is C4H6Cl3OTi. The molecule has 0 aliphatic carbocycles. The minimum absolute atomic E-state index is 0.547. The molecule has 0 unspecified atom stereocenters. The van der Waals surface area contributed by atoms with E-state index < -0.39 is 3.79 Å². The van der Waals surface area contributed by atoms with Gasteiger partial charge in [0.1, 0.15) is 0 Å². The molecule has 0 saturated heterocycles. The van der Waals surface area contributed by atoms with Crippen LogP contribution in [-0.4, -0.2) is 10.4 Å². The summed E-state index contributed by atoms with van der Waals surface area (Å²) in [6, 6.07) is 0. The number of rotatable bonds is 3. The van der Waals surface area contributed by atoms with Gasteiger partial charge in [0.25, 0.3) is 0 Å². The van der Waals surface area contributed by atoms with Crippen LogP contribution in [0.5, 0.6) is 0 Å². The van der Waals surface area contributed by atoms with Gasteiger partial charge in [-0.15, -0.1) is 0 Å². The molecule has 5 heteroatoms. The van der Waals surface area contributed by atoms with Crippen LogP contribution in [-0.2, 0) is 24.1 Å². The number of hydrogen-bond acceptors (Lipinski definition) is 1. The van der Waals surface area contributed by atoms with Gasteiger partial charge < -0.3 is 0 Å². The topological polar surface area (TPSA) is 9.23 Å². The van der Waals surface area contributed by atoms with Crippen LogP contribution in [0.2, 0.25) is 0 Å². The molecule has 0 fully saturated rings. The molecule has 0 aromatic heterocycles. The van der Waals surface area contributed by atoms with Crippen LogP contribution in [0.4, 0.5) is 0 Å². The van der Waals surface area contributed by atoms with Gasteiger partial charge in [-0.2, -0.15) is 0 Å². The van der Waals surface area contributed by atoms with Gasteiger partial charge >= 0.3 is 82.2 Å². The normalized spacial score (nSPS) is 11.8.